The maximum absolute atomic E-state index is 13.3. The zero-order valence-electron chi connectivity index (χ0n) is 12.8. The minimum atomic E-state index is -0.756. The fourth-order valence-corrected chi connectivity index (χ4v) is 3.06. The predicted octanol–water partition coefficient (Wildman–Crippen LogP) is 3.10. The SMILES string of the molecule is Cc1cccc(N2CCC(O)(Cc3cccc(F)c3)CC2)n1. The molecule has 1 aliphatic rings. The highest BCUT2D eigenvalue weighted by Crippen LogP contribution is 2.28. The van der Waals surface area contributed by atoms with Gasteiger partial charge in [0.05, 0.1) is 5.60 Å². The van der Waals surface area contributed by atoms with Crippen LogP contribution >= 0.6 is 0 Å². The normalized spacial score (nSPS) is 17.5. The minimum Gasteiger partial charge on any atom is -0.389 e. The first-order valence-corrected chi connectivity index (χ1v) is 7.70. The molecule has 1 fully saturated rings. The summed E-state index contributed by atoms with van der Waals surface area (Å²) in [7, 11) is 0. The van der Waals surface area contributed by atoms with Gasteiger partial charge in [-0.2, -0.15) is 0 Å². The van der Waals surface area contributed by atoms with Crippen molar-refractivity contribution in [3.8, 4) is 0 Å². The first-order chi connectivity index (χ1) is 10.5. The average molecular weight is 300 g/mol. The van der Waals surface area contributed by atoms with Gasteiger partial charge in [-0.1, -0.05) is 18.2 Å². The molecule has 1 aromatic carbocycles. The molecular formula is C18H21FN2O. The van der Waals surface area contributed by atoms with E-state index in [1.807, 2.05) is 31.2 Å². The highest BCUT2D eigenvalue weighted by molar-refractivity contribution is 5.40. The number of aliphatic hydroxyl groups is 1. The molecule has 1 N–H and O–H groups in total. The summed E-state index contributed by atoms with van der Waals surface area (Å²) in [6.45, 7) is 3.51. The van der Waals surface area contributed by atoms with Crippen LogP contribution in [0.3, 0.4) is 0 Å². The van der Waals surface area contributed by atoms with E-state index in [9.17, 15) is 9.50 Å². The fraction of sp³-hybridized carbons (Fsp3) is 0.389. The molecule has 116 valence electrons. The fourth-order valence-electron chi connectivity index (χ4n) is 3.06. The second kappa shape index (κ2) is 6.05. The summed E-state index contributed by atoms with van der Waals surface area (Å²) in [5, 5.41) is 10.8. The Kier molecular flexibility index (Phi) is 4.12. The lowest BCUT2D eigenvalue weighted by Crippen LogP contribution is -2.46. The monoisotopic (exact) mass is 300 g/mol. The number of anilines is 1. The minimum absolute atomic E-state index is 0.248. The molecule has 0 radical (unpaired) electrons. The molecule has 1 saturated heterocycles. The van der Waals surface area contributed by atoms with Gasteiger partial charge in [0.15, 0.2) is 0 Å². The number of pyridine rings is 1. The standard InChI is InChI=1S/C18H21FN2O/c1-14-4-2-7-17(20-14)21-10-8-18(22,9-11-21)13-15-5-3-6-16(19)12-15/h2-7,12,22H,8-11,13H2,1H3. The number of hydrogen-bond donors (Lipinski definition) is 1. The number of piperidine rings is 1. The third kappa shape index (κ3) is 3.45. The van der Waals surface area contributed by atoms with Crippen molar-refractivity contribution in [3.05, 3.63) is 59.5 Å². The maximum Gasteiger partial charge on any atom is 0.128 e. The van der Waals surface area contributed by atoms with Gasteiger partial charge in [0.1, 0.15) is 11.6 Å². The van der Waals surface area contributed by atoms with Gasteiger partial charge in [0.2, 0.25) is 0 Å². The van der Waals surface area contributed by atoms with Crippen molar-refractivity contribution in [1.29, 1.82) is 0 Å². The van der Waals surface area contributed by atoms with Crippen LogP contribution in [-0.4, -0.2) is 28.8 Å². The number of nitrogens with zero attached hydrogens (tertiary/aromatic N) is 2. The van der Waals surface area contributed by atoms with Gasteiger partial charge in [-0.05, 0) is 49.6 Å². The van der Waals surface area contributed by atoms with E-state index in [1.165, 1.54) is 12.1 Å². The third-order valence-electron chi connectivity index (χ3n) is 4.31. The van der Waals surface area contributed by atoms with E-state index in [1.54, 1.807) is 6.07 Å². The van der Waals surface area contributed by atoms with Crippen molar-refractivity contribution in [2.45, 2.75) is 31.8 Å². The zero-order valence-corrected chi connectivity index (χ0v) is 12.8. The second-order valence-corrected chi connectivity index (χ2v) is 6.16. The van der Waals surface area contributed by atoms with Crippen LogP contribution in [0.4, 0.5) is 10.2 Å². The van der Waals surface area contributed by atoms with Crippen LogP contribution in [0.5, 0.6) is 0 Å². The first-order valence-electron chi connectivity index (χ1n) is 7.70. The Balaban J connectivity index is 1.65. The summed E-state index contributed by atoms with van der Waals surface area (Å²) in [5.74, 6) is 0.718. The Labute approximate surface area is 130 Å². The van der Waals surface area contributed by atoms with Gasteiger partial charge in [-0.25, -0.2) is 9.37 Å². The summed E-state index contributed by atoms with van der Waals surface area (Å²) in [4.78, 5) is 6.74. The molecule has 0 amide bonds. The van der Waals surface area contributed by atoms with Crippen LogP contribution in [0, 0.1) is 12.7 Å². The molecular weight excluding hydrogens is 279 g/mol. The molecule has 2 heterocycles. The largest absolute Gasteiger partial charge is 0.389 e. The van der Waals surface area contributed by atoms with Gasteiger partial charge >= 0.3 is 0 Å². The Bertz CT molecular complexity index is 651. The number of hydrogen-bond acceptors (Lipinski definition) is 3. The number of benzene rings is 1. The number of halogens is 1. The Morgan fingerprint density at radius 2 is 1.91 bits per heavy atom. The van der Waals surface area contributed by atoms with E-state index in [2.05, 4.69) is 9.88 Å². The van der Waals surface area contributed by atoms with Crippen molar-refractivity contribution in [3.63, 3.8) is 0 Å². The van der Waals surface area contributed by atoms with Crippen molar-refractivity contribution in [2.24, 2.45) is 0 Å². The Morgan fingerprint density at radius 1 is 1.18 bits per heavy atom. The van der Waals surface area contributed by atoms with Crippen LogP contribution in [0.15, 0.2) is 42.5 Å². The molecule has 3 nitrogen and oxygen atoms in total. The number of aromatic nitrogens is 1. The molecule has 4 heteroatoms. The van der Waals surface area contributed by atoms with Gasteiger partial charge < -0.3 is 10.0 Å². The van der Waals surface area contributed by atoms with Gasteiger partial charge in [-0.15, -0.1) is 0 Å². The summed E-state index contributed by atoms with van der Waals surface area (Å²) in [6.07, 6.45) is 1.83. The highest BCUT2D eigenvalue weighted by Gasteiger charge is 2.32. The van der Waals surface area contributed by atoms with E-state index < -0.39 is 5.60 Å². The molecule has 0 bridgehead atoms. The molecule has 0 unspecified atom stereocenters. The topological polar surface area (TPSA) is 36.4 Å². The lowest BCUT2D eigenvalue weighted by molar-refractivity contribution is 0.0164. The molecule has 0 atom stereocenters. The molecule has 1 aliphatic heterocycles. The Hall–Kier alpha value is -1.94. The third-order valence-corrected chi connectivity index (χ3v) is 4.31. The number of aryl methyl sites for hydroxylation is 1. The first kappa shape index (κ1) is 15.0. The second-order valence-electron chi connectivity index (χ2n) is 6.16. The summed E-state index contributed by atoms with van der Waals surface area (Å²) < 4.78 is 13.3. The van der Waals surface area contributed by atoms with Crippen LogP contribution in [0.1, 0.15) is 24.1 Å². The highest BCUT2D eigenvalue weighted by atomic mass is 19.1. The van der Waals surface area contributed by atoms with E-state index in [0.717, 1.165) is 30.2 Å². The quantitative estimate of drug-likeness (QED) is 0.946. The lowest BCUT2D eigenvalue weighted by atomic mass is 9.85. The molecule has 1 aromatic heterocycles. The Morgan fingerprint density at radius 3 is 2.59 bits per heavy atom. The lowest BCUT2D eigenvalue weighted by Gasteiger charge is -2.39. The maximum atomic E-state index is 13.3. The summed E-state index contributed by atoms with van der Waals surface area (Å²) in [6, 6.07) is 12.5. The van der Waals surface area contributed by atoms with Crippen LogP contribution in [0.25, 0.3) is 0 Å². The number of rotatable bonds is 3. The van der Waals surface area contributed by atoms with E-state index >= 15 is 0 Å². The van der Waals surface area contributed by atoms with Crippen LogP contribution < -0.4 is 4.90 Å². The summed E-state index contributed by atoms with van der Waals surface area (Å²) in [5.41, 5.74) is 1.09. The molecule has 0 aliphatic carbocycles. The van der Waals surface area contributed by atoms with E-state index in [0.29, 0.717) is 19.3 Å². The average Bonchev–Trinajstić information content (AvgIpc) is 2.47. The summed E-state index contributed by atoms with van der Waals surface area (Å²) >= 11 is 0. The van der Waals surface area contributed by atoms with E-state index in [4.69, 9.17) is 0 Å². The van der Waals surface area contributed by atoms with Gasteiger partial charge in [0, 0.05) is 25.2 Å². The molecule has 3 rings (SSSR count). The van der Waals surface area contributed by atoms with Crippen LogP contribution in [0.2, 0.25) is 0 Å². The van der Waals surface area contributed by atoms with Gasteiger partial charge in [0.25, 0.3) is 0 Å². The molecule has 2 aromatic rings. The van der Waals surface area contributed by atoms with Crippen LogP contribution in [-0.2, 0) is 6.42 Å². The van der Waals surface area contributed by atoms with Crippen molar-refractivity contribution in [1.82, 2.24) is 4.98 Å². The van der Waals surface area contributed by atoms with Crippen molar-refractivity contribution >= 4 is 5.82 Å². The zero-order chi connectivity index (χ0) is 15.6. The van der Waals surface area contributed by atoms with Gasteiger partial charge in [-0.3, -0.25) is 0 Å². The predicted molar refractivity (Wildman–Crippen MR) is 85.5 cm³/mol. The van der Waals surface area contributed by atoms with Crippen molar-refractivity contribution < 1.29 is 9.50 Å². The van der Waals surface area contributed by atoms with Crippen molar-refractivity contribution in [2.75, 3.05) is 18.0 Å². The molecule has 0 saturated carbocycles. The molecule has 0 spiro atoms. The smallest absolute Gasteiger partial charge is 0.128 e. The molecule has 22 heavy (non-hydrogen) atoms. The van der Waals surface area contributed by atoms with E-state index in [-0.39, 0.29) is 5.82 Å².